The van der Waals surface area contributed by atoms with Crippen molar-refractivity contribution in [2.24, 2.45) is 17.2 Å². The summed E-state index contributed by atoms with van der Waals surface area (Å²) in [6.45, 7) is 0.416. The smallest absolute Gasteiger partial charge is 0.338 e. The number of guanidine groups is 1. The molecule has 0 bridgehead atoms. The first-order chi connectivity index (χ1) is 9.83. The van der Waals surface area contributed by atoms with Crippen LogP contribution in [0.25, 0.3) is 0 Å². The van der Waals surface area contributed by atoms with Gasteiger partial charge in [-0.25, -0.2) is 8.42 Å². The lowest BCUT2D eigenvalue weighted by Crippen LogP contribution is -3.00. The summed E-state index contributed by atoms with van der Waals surface area (Å²) in [5, 5.41) is 0. The molecule has 0 aromatic heterocycles. The molecule has 0 spiro atoms. The van der Waals surface area contributed by atoms with Crippen LogP contribution in [0.1, 0.15) is 12.8 Å². The van der Waals surface area contributed by atoms with Gasteiger partial charge in [-0.2, -0.15) is 4.72 Å². The van der Waals surface area contributed by atoms with Crippen molar-refractivity contribution in [1.82, 2.24) is 4.72 Å². The fraction of sp³-hybridized carbons (Fsp3) is 0.333. The van der Waals surface area contributed by atoms with Crippen molar-refractivity contribution in [3.63, 3.8) is 0 Å². The van der Waals surface area contributed by atoms with Crippen molar-refractivity contribution in [1.29, 1.82) is 0 Å². The molecule has 0 aliphatic carbocycles. The number of carbonyl (C=O) groups is 1. The summed E-state index contributed by atoms with van der Waals surface area (Å²) in [6, 6.07) is 6.77. The van der Waals surface area contributed by atoms with Gasteiger partial charge in [-0.15, -0.1) is 0 Å². The molecule has 8 nitrogen and oxygen atoms in total. The second kappa shape index (κ2) is 9.23. The van der Waals surface area contributed by atoms with Gasteiger partial charge in [0, 0.05) is 0 Å². The summed E-state index contributed by atoms with van der Waals surface area (Å²) < 4.78 is 26.5. The molecular weight excluding hydrogens is 330 g/mol. The highest BCUT2D eigenvalue weighted by Gasteiger charge is 2.23. The Morgan fingerprint density at radius 3 is 2.27 bits per heavy atom. The van der Waals surface area contributed by atoms with E-state index in [1.54, 1.807) is 18.2 Å². The number of sulfonamides is 1. The first-order valence-corrected chi connectivity index (χ1v) is 7.79. The molecular formula is C12H20ClN5O3S. The Hall–Kier alpha value is -1.84. The van der Waals surface area contributed by atoms with Crippen LogP contribution >= 0.6 is 0 Å². The average molecular weight is 350 g/mol. The lowest BCUT2D eigenvalue weighted by Gasteiger charge is -2.15. The molecule has 1 aromatic carbocycles. The molecule has 0 aliphatic heterocycles. The van der Waals surface area contributed by atoms with Gasteiger partial charge in [0.1, 0.15) is 6.04 Å². The number of primary amides is 1. The zero-order chi connectivity index (χ0) is 15.9. The minimum absolute atomic E-state index is 0. The van der Waals surface area contributed by atoms with Gasteiger partial charge in [0.05, 0.1) is 11.4 Å². The highest BCUT2D eigenvalue weighted by atomic mass is 35.5. The molecule has 0 saturated heterocycles. The van der Waals surface area contributed by atoms with Crippen LogP contribution in [0.5, 0.6) is 0 Å². The van der Waals surface area contributed by atoms with Gasteiger partial charge in [0.2, 0.25) is 15.9 Å². The summed E-state index contributed by atoms with van der Waals surface area (Å²) in [5.41, 5.74) is 15.7. The highest BCUT2D eigenvalue weighted by Crippen LogP contribution is 2.09. The largest absolute Gasteiger partial charge is 1.00 e. The first-order valence-electron chi connectivity index (χ1n) is 6.31. The topological polar surface area (TPSA) is 155 Å². The van der Waals surface area contributed by atoms with Crippen LogP contribution in [-0.2, 0) is 14.8 Å². The van der Waals surface area contributed by atoms with Crippen LogP contribution in [0.15, 0.2) is 35.2 Å². The SMILES string of the molecule is NC(=O)C(CCC[NH+]=C(N)N)NS(=O)(=O)c1ccccc1.[Cl-]. The van der Waals surface area contributed by atoms with Gasteiger partial charge >= 0.3 is 5.96 Å². The predicted molar refractivity (Wildman–Crippen MR) is 78.2 cm³/mol. The number of carbonyl (C=O) groups excluding carboxylic acids is 1. The summed E-state index contributed by atoms with van der Waals surface area (Å²) >= 11 is 0. The van der Waals surface area contributed by atoms with Gasteiger partial charge in [-0.3, -0.25) is 21.3 Å². The molecule has 1 rings (SSSR count). The molecule has 1 amide bonds. The van der Waals surface area contributed by atoms with Crippen LogP contribution in [0, 0.1) is 0 Å². The van der Waals surface area contributed by atoms with Crippen molar-refractivity contribution >= 4 is 21.9 Å². The maximum absolute atomic E-state index is 12.1. The van der Waals surface area contributed by atoms with Crippen molar-refractivity contribution in [2.45, 2.75) is 23.8 Å². The predicted octanol–water partition coefficient (Wildman–Crippen LogP) is -6.04. The van der Waals surface area contributed by atoms with Gasteiger partial charge in [-0.05, 0) is 25.0 Å². The zero-order valence-electron chi connectivity index (χ0n) is 11.8. The monoisotopic (exact) mass is 349 g/mol. The maximum Gasteiger partial charge on any atom is 0.338 e. The number of nitrogens with one attached hydrogen (secondary N) is 2. The molecule has 1 atom stereocenters. The molecule has 0 aliphatic rings. The van der Waals surface area contributed by atoms with E-state index in [4.69, 9.17) is 17.2 Å². The quantitative estimate of drug-likeness (QED) is 0.179. The van der Waals surface area contributed by atoms with E-state index in [9.17, 15) is 13.2 Å². The third kappa shape index (κ3) is 6.74. The number of hydrogen-bond acceptors (Lipinski definition) is 3. The fourth-order valence-electron chi connectivity index (χ4n) is 1.65. The lowest BCUT2D eigenvalue weighted by atomic mass is 10.1. The molecule has 1 unspecified atom stereocenters. The van der Waals surface area contributed by atoms with E-state index in [0.717, 1.165) is 0 Å². The van der Waals surface area contributed by atoms with Crippen molar-refractivity contribution in [3.8, 4) is 0 Å². The molecule has 8 N–H and O–H groups in total. The number of hydrogen-bond donors (Lipinski definition) is 5. The van der Waals surface area contributed by atoms with Gasteiger partial charge in [-0.1, -0.05) is 18.2 Å². The van der Waals surface area contributed by atoms with E-state index < -0.39 is 22.0 Å². The number of rotatable bonds is 8. The fourth-order valence-corrected chi connectivity index (χ4v) is 2.91. The molecule has 10 heteroatoms. The van der Waals surface area contributed by atoms with E-state index in [1.165, 1.54) is 12.1 Å². The molecule has 0 heterocycles. The summed E-state index contributed by atoms with van der Waals surface area (Å²) in [7, 11) is -3.78. The summed E-state index contributed by atoms with van der Waals surface area (Å²) in [6.07, 6.45) is 0.713. The summed E-state index contributed by atoms with van der Waals surface area (Å²) in [4.78, 5) is 14.1. The summed E-state index contributed by atoms with van der Waals surface area (Å²) in [5.74, 6) is -0.672. The van der Waals surface area contributed by atoms with Crippen molar-refractivity contribution in [2.75, 3.05) is 6.54 Å². The van der Waals surface area contributed by atoms with Crippen molar-refractivity contribution < 1.29 is 30.6 Å². The average Bonchev–Trinajstić information content (AvgIpc) is 2.42. The minimum atomic E-state index is -3.78. The van der Waals surface area contributed by atoms with Crippen LogP contribution in [0.3, 0.4) is 0 Å². The van der Waals surface area contributed by atoms with Gasteiger partial charge in [0.15, 0.2) is 0 Å². The van der Waals surface area contributed by atoms with E-state index >= 15 is 0 Å². The van der Waals surface area contributed by atoms with Gasteiger partial charge < -0.3 is 18.1 Å². The Labute approximate surface area is 135 Å². The van der Waals surface area contributed by atoms with E-state index in [1.807, 2.05) is 0 Å². The first kappa shape index (κ1) is 20.2. The van der Waals surface area contributed by atoms with Crippen molar-refractivity contribution in [3.05, 3.63) is 30.3 Å². The molecule has 22 heavy (non-hydrogen) atoms. The normalized spacial score (nSPS) is 12.0. The standard InChI is InChI=1S/C12H19N5O3S.ClH/c13-11(18)10(7-4-8-16-12(14)15)17-21(19,20)9-5-2-1-3-6-9;/h1-3,5-6,10,17H,4,7-8H2,(H2,13,18)(H4,14,15,16);1H. The van der Waals surface area contributed by atoms with E-state index in [2.05, 4.69) is 9.71 Å². The maximum atomic E-state index is 12.1. The van der Waals surface area contributed by atoms with Crippen LogP contribution in [0.4, 0.5) is 0 Å². The van der Waals surface area contributed by atoms with Crippen LogP contribution < -0.4 is 39.3 Å². The zero-order valence-corrected chi connectivity index (χ0v) is 13.4. The number of halogens is 1. The van der Waals surface area contributed by atoms with Gasteiger partial charge in [0.25, 0.3) is 0 Å². The molecule has 0 fully saturated rings. The number of amides is 1. The minimum Gasteiger partial charge on any atom is -1.00 e. The Morgan fingerprint density at radius 1 is 1.18 bits per heavy atom. The van der Waals surface area contributed by atoms with E-state index in [0.29, 0.717) is 13.0 Å². The third-order valence-electron chi connectivity index (χ3n) is 2.69. The number of nitrogens with two attached hydrogens (primary N) is 3. The molecule has 0 saturated carbocycles. The highest BCUT2D eigenvalue weighted by molar-refractivity contribution is 7.89. The third-order valence-corrected chi connectivity index (χ3v) is 4.18. The molecule has 1 aromatic rings. The Kier molecular flexibility index (Phi) is 8.46. The van der Waals surface area contributed by atoms with Crippen LogP contribution in [0.2, 0.25) is 0 Å². The lowest BCUT2D eigenvalue weighted by molar-refractivity contribution is -0.459. The molecule has 0 radical (unpaired) electrons. The second-order valence-corrected chi connectivity index (χ2v) is 6.13. The van der Waals surface area contributed by atoms with E-state index in [-0.39, 0.29) is 29.7 Å². The second-order valence-electron chi connectivity index (χ2n) is 4.41. The molecule has 124 valence electrons. The Morgan fingerprint density at radius 2 is 1.77 bits per heavy atom. The number of benzene rings is 1. The Bertz CT molecular complexity index is 602. The van der Waals surface area contributed by atoms with Crippen LogP contribution in [-0.4, -0.2) is 32.9 Å². The Balaban J connectivity index is 0.00000441.